The van der Waals surface area contributed by atoms with Crippen LogP contribution in [0.4, 0.5) is 13.2 Å². The average Bonchev–Trinajstić information content (AvgIpc) is 2.82. The summed E-state index contributed by atoms with van der Waals surface area (Å²) in [5.74, 6) is 0.273. The highest BCUT2D eigenvalue weighted by Gasteiger charge is 2.26. The third-order valence-electron chi connectivity index (χ3n) is 3.77. The number of benzene rings is 1. The second-order valence-corrected chi connectivity index (χ2v) is 6.06. The van der Waals surface area contributed by atoms with Crippen molar-refractivity contribution in [3.8, 4) is 11.8 Å². The van der Waals surface area contributed by atoms with Crippen molar-refractivity contribution in [3.63, 3.8) is 0 Å². The molecule has 3 rings (SSSR count). The Morgan fingerprint density at radius 1 is 1.23 bits per heavy atom. The van der Waals surface area contributed by atoms with Crippen molar-refractivity contribution in [3.05, 3.63) is 46.1 Å². The van der Waals surface area contributed by atoms with Gasteiger partial charge in [-0.3, -0.25) is 9.13 Å². The Balaban J connectivity index is 2.00. The van der Waals surface area contributed by atoms with E-state index in [-0.39, 0.29) is 24.7 Å². The van der Waals surface area contributed by atoms with E-state index in [1.54, 1.807) is 25.2 Å². The maximum atomic E-state index is 12.4. The zero-order valence-electron chi connectivity index (χ0n) is 13.6. The molecule has 0 spiro atoms. The molecule has 1 aromatic carbocycles. The molecule has 26 heavy (non-hydrogen) atoms. The lowest BCUT2D eigenvalue weighted by Gasteiger charge is -2.09. The van der Waals surface area contributed by atoms with E-state index in [1.165, 1.54) is 21.5 Å². The molecule has 0 aliphatic heterocycles. The fourth-order valence-corrected chi connectivity index (χ4v) is 2.71. The lowest BCUT2D eigenvalue weighted by atomic mass is 10.2. The van der Waals surface area contributed by atoms with Crippen LogP contribution >= 0.6 is 11.6 Å². The van der Waals surface area contributed by atoms with E-state index in [9.17, 15) is 18.0 Å². The van der Waals surface area contributed by atoms with Gasteiger partial charge < -0.3 is 4.74 Å². The topological polar surface area (TPSA) is 61.9 Å². The lowest BCUT2D eigenvalue weighted by molar-refractivity contribution is -0.135. The van der Waals surface area contributed by atoms with Crippen LogP contribution in [0.15, 0.2) is 35.4 Å². The highest BCUT2D eigenvalue weighted by atomic mass is 35.5. The lowest BCUT2D eigenvalue weighted by Crippen LogP contribution is -2.23. The molecule has 3 aromatic rings. The zero-order chi connectivity index (χ0) is 18.9. The van der Waals surface area contributed by atoms with Crippen molar-refractivity contribution < 1.29 is 17.9 Å². The van der Waals surface area contributed by atoms with E-state index in [0.29, 0.717) is 16.1 Å². The summed E-state index contributed by atoms with van der Waals surface area (Å²) in [5.41, 5.74) is 0.504. The van der Waals surface area contributed by atoms with E-state index < -0.39 is 18.3 Å². The Hall–Kier alpha value is -2.55. The van der Waals surface area contributed by atoms with Crippen LogP contribution in [-0.2, 0) is 13.6 Å². The van der Waals surface area contributed by atoms with Gasteiger partial charge >= 0.3 is 17.9 Å². The number of hydrogen-bond donors (Lipinski definition) is 0. The van der Waals surface area contributed by atoms with Gasteiger partial charge in [-0.1, -0.05) is 17.7 Å². The Morgan fingerprint density at radius 2 is 1.92 bits per heavy atom. The van der Waals surface area contributed by atoms with E-state index in [4.69, 9.17) is 16.3 Å². The summed E-state index contributed by atoms with van der Waals surface area (Å²) in [6.07, 6.45) is -2.75. The van der Waals surface area contributed by atoms with Gasteiger partial charge in [-0.05, 0) is 18.6 Å². The van der Waals surface area contributed by atoms with Crippen molar-refractivity contribution in [1.29, 1.82) is 0 Å². The first kappa shape index (κ1) is 18.2. The number of imidazole rings is 1. The predicted molar refractivity (Wildman–Crippen MR) is 89.6 cm³/mol. The van der Waals surface area contributed by atoms with Crippen molar-refractivity contribution in [1.82, 2.24) is 19.1 Å². The van der Waals surface area contributed by atoms with Crippen LogP contribution in [0.3, 0.4) is 0 Å². The second kappa shape index (κ2) is 6.99. The molecule has 0 aliphatic carbocycles. The quantitative estimate of drug-likeness (QED) is 0.666. The van der Waals surface area contributed by atoms with Gasteiger partial charge in [0.15, 0.2) is 5.75 Å². The van der Waals surface area contributed by atoms with Crippen LogP contribution in [0.2, 0.25) is 5.02 Å². The van der Waals surface area contributed by atoms with Gasteiger partial charge in [-0.25, -0.2) is 14.8 Å². The van der Waals surface area contributed by atoms with Crippen molar-refractivity contribution in [2.75, 3.05) is 0 Å². The van der Waals surface area contributed by atoms with Gasteiger partial charge in [-0.2, -0.15) is 13.2 Å². The summed E-state index contributed by atoms with van der Waals surface area (Å²) >= 11 is 5.73. The number of aryl methyl sites for hydroxylation is 2. The molecule has 6 nitrogen and oxygen atoms in total. The smallest absolute Gasteiger partial charge is 0.389 e. The van der Waals surface area contributed by atoms with Crippen LogP contribution in [0.5, 0.6) is 11.8 Å². The van der Waals surface area contributed by atoms with E-state index >= 15 is 0 Å². The molecule has 0 amide bonds. The highest BCUT2D eigenvalue weighted by molar-refractivity contribution is 6.30. The van der Waals surface area contributed by atoms with E-state index in [1.807, 2.05) is 0 Å². The molecule has 0 saturated carbocycles. The molecule has 0 radical (unpaired) electrons. The Labute approximate surface area is 150 Å². The maximum absolute atomic E-state index is 12.4. The van der Waals surface area contributed by atoms with Gasteiger partial charge in [-0.15, -0.1) is 0 Å². The van der Waals surface area contributed by atoms with Crippen LogP contribution in [0.1, 0.15) is 12.8 Å². The van der Waals surface area contributed by atoms with Gasteiger partial charge in [0.05, 0.1) is 22.9 Å². The van der Waals surface area contributed by atoms with Gasteiger partial charge in [0.1, 0.15) is 5.52 Å². The first-order valence-electron chi connectivity index (χ1n) is 7.66. The molecule has 138 valence electrons. The third kappa shape index (κ3) is 3.82. The molecular weight excluding hydrogens is 373 g/mol. The minimum Gasteiger partial charge on any atom is -0.422 e. The minimum absolute atomic E-state index is 0.0139. The number of fused-ring (bicyclic) bond motifs is 1. The van der Waals surface area contributed by atoms with E-state index in [0.717, 1.165) is 0 Å². The van der Waals surface area contributed by atoms with Crippen LogP contribution in [-0.4, -0.2) is 25.3 Å². The summed E-state index contributed by atoms with van der Waals surface area (Å²) in [5, 5.41) is 0.333. The number of aromatic nitrogens is 4. The minimum atomic E-state index is -4.27. The van der Waals surface area contributed by atoms with E-state index in [2.05, 4.69) is 9.97 Å². The molecule has 0 N–H and O–H groups in total. The largest absolute Gasteiger partial charge is 0.422 e. The van der Waals surface area contributed by atoms with Gasteiger partial charge in [0.25, 0.3) is 0 Å². The summed E-state index contributed by atoms with van der Waals surface area (Å²) < 4.78 is 45.6. The fraction of sp³-hybridized carbons (Fsp3) is 0.312. The third-order valence-corrected chi connectivity index (χ3v) is 3.96. The van der Waals surface area contributed by atoms with Crippen LogP contribution in [0.25, 0.3) is 11.0 Å². The summed E-state index contributed by atoms with van der Waals surface area (Å²) in [6.45, 7) is -0.0858. The van der Waals surface area contributed by atoms with Crippen molar-refractivity contribution >= 4 is 22.6 Å². The average molecular weight is 387 g/mol. The molecule has 0 atom stereocenters. The number of nitrogens with zero attached hydrogens (tertiary/aromatic N) is 4. The number of hydrogen-bond acceptors (Lipinski definition) is 4. The molecule has 0 fully saturated rings. The Bertz CT molecular complexity index is 980. The molecule has 2 heterocycles. The highest BCUT2D eigenvalue weighted by Crippen LogP contribution is 2.29. The molecule has 10 heteroatoms. The monoisotopic (exact) mass is 386 g/mol. The summed E-state index contributed by atoms with van der Waals surface area (Å²) in [4.78, 5) is 20.3. The van der Waals surface area contributed by atoms with Gasteiger partial charge in [0, 0.05) is 20.0 Å². The SMILES string of the molecule is Cn1c(=O)n(CCCC(F)(F)F)c2c(Oc3ncc(Cl)cn3)cccc21. The standard InChI is InChI=1S/C16H14ClF3N4O2/c1-23-11-4-2-5-12(26-14-21-8-10(17)9-22-14)13(11)24(15(23)25)7-3-6-16(18,19)20/h2,4-5,8-9H,3,6-7H2,1H3. The van der Waals surface area contributed by atoms with Crippen molar-refractivity contribution in [2.45, 2.75) is 25.6 Å². The van der Waals surface area contributed by atoms with Crippen LogP contribution < -0.4 is 10.4 Å². The fourth-order valence-electron chi connectivity index (χ4n) is 2.61. The summed E-state index contributed by atoms with van der Waals surface area (Å²) in [6, 6.07) is 4.97. The molecule has 0 saturated heterocycles. The number of para-hydroxylation sites is 1. The number of ether oxygens (including phenoxy) is 1. The Morgan fingerprint density at radius 3 is 2.58 bits per heavy atom. The maximum Gasteiger partial charge on any atom is 0.389 e. The molecule has 0 aliphatic rings. The zero-order valence-corrected chi connectivity index (χ0v) is 14.4. The number of rotatable bonds is 5. The van der Waals surface area contributed by atoms with Gasteiger partial charge in [0.2, 0.25) is 0 Å². The predicted octanol–water partition coefficient (Wildman–Crippen LogP) is 3.92. The molecule has 2 aromatic heterocycles. The number of alkyl halides is 3. The Kier molecular flexibility index (Phi) is 4.90. The number of halogens is 4. The molecular formula is C16H14ClF3N4O2. The first-order chi connectivity index (χ1) is 12.3. The normalized spacial score (nSPS) is 11.9. The second-order valence-electron chi connectivity index (χ2n) is 5.62. The molecule has 0 unspecified atom stereocenters. The first-order valence-corrected chi connectivity index (χ1v) is 8.04. The summed E-state index contributed by atoms with van der Waals surface area (Å²) in [7, 11) is 1.55. The molecule has 0 bridgehead atoms. The van der Waals surface area contributed by atoms with Crippen molar-refractivity contribution in [2.24, 2.45) is 7.05 Å². The van der Waals surface area contributed by atoms with Crippen LogP contribution in [0, 0.1) is 0 Å².